The van der Waals surface area contributed by atoms with Crippen molar-refractivity contribution in [2.24, 2.45) is 5.41 Å². The zero-order valence-electron chi connectivity index (χ0n) is 16.5. The maximum atomic E-state index is 13.0. The van der Waals surface area contributed by atoms with Crippen molar-refractivity contribution in [3.8, 4) is 5.75 Å². The number of urea groups is 1. The molecule has 0 aromatic heterocycles. The zero-order valence-corrected chi connectivity index (χ0v) is 18.0. The Morgan fingerprint density at radius 2 is 1.76 bits per heavy atom. The van der Waals surface area contributed by atoms with Crippen molar-refractivity contribution in [1.82, 2.24) is 0 Å². The van der Waals surface area contributed by atoms with Gasteiger partial charge < -0.3 is 20.3 Å². The number of nitrogens with one attached hydrogen (secondary N) is 2. The Bertz CT molecular complexity index is 947. The summed E-state index contributed by atoms with van der Waals surface area (Å²) in [4.78, 5) is 27.1. The topological polar surface area (TPSA) is 70.7 Å². The highest BCUT2D eigenvalue weighted by Crippen LogP contribution is 2.38. The highest BCUT2D eigenvalue weighted by atomic mass is 35.5. The number of hydrogen-bond acceptors (Lipinski definition) is 3. The molecule has 1 heterocycles. The largest absolute Gasteiger partial charge is 0.490 e. The lowest BCUT2D eigenvalue weighted by atomic mass is 9.93. The summed E-state index contributed by atoms with van der Waals surface area (Å²) >= 11 is 11.9. The maximum Gasteiger partial charge on any atom is 0.323 e. The highest BCUT2D eigenvalue weighted by Gasteiger charge is 2.37. The molecule has 0 atom stereocenters. The number of anilines is 3. The van der Waals surface area contributed by atoms with Crippen LogP contribution in [-0.4, -0.2) is 25.1 Å². The molecule has 0 spiro atoms. The number of halogens is 2. The fraction of sp³-hybridized carbons (Fsp3) is 0.333. The van der Waals surface area contributed by atoms with E-state index in [-0.39, 0.29) is 5.91 Å². The molecule has 0 bridgehead atoms. The minimum Gasteiger partial charge on any atom is -0.490 e. The van der Waals surface area contributed by atoms with Gasteiger partial charge in [-0.1, -0.05) is 30.1 Å². The van der Waals surface area contributed by atoms with E-state index in [0.717, 1.165) is 6.42 Å². The number of hydrogen-bond donors (Lipinski definition) is 2. The molecule has 8 heteroatoms. The molecule has 1 aliphatic heterocycles. The van der Waals surface area contributed by atoms with Crippen molar-refractivity contribution in [2.45, 2.75) is 27.2 Å². The quantitative estimate of drug-likeness (QED) is 0.637. The predicted molar refractivity (Wildman–Crippen MR) is 117 cm³/mol. The average molecular weight is 436 g/mol. The van der Waals surface area contributed by atoms with Crippen LogP contribution in [-0.2, 0) is 4.79 Å². The number of ether oxygens (including phenoxy) is 1. The van der Waals surface area contributed by atoms with Crippen molar-refractivity contribution in [3.63, 3.8) is 0 Å². The first-order valence-electron chi connectivity index (χ1n) is 9.33. The van der Waals surface area contributed by atoms with Crippen LogP contribution < -0.4 is 20.3 Å². The SMILES string of the molecule is CCCN1C(=O)C(C)(C)COc2ccc(NC(=O)Nc3ccc(Cl)c(Cl)c3)cc21. The minimum absolute atomic E-state index is 0.00416. The van der Waals surface area contributed by atoms with Crippen LogP contribution >= 0.6 is 23.2 Å². The summed E-state index contributed by atoms with van der Waals surface area (Å²) < 4.78 is 5.87. The number of benzene rings is 2. The molecule has 0 saturated carbocycles. The lowest BCUT2D eigenvalue weighted by Gasteiger charge is -2.27. The summed E-state index contributed by atoms with van der Waals surface area (Å²) in [6.45, 7) is 6.61. The summed E-state index contributed by atoms with van der Waals surface area (Å²) in [6.07, 6.45) is 0.802. The summed E-state index contributed by atoms with van der Waals surface area (Å²) in [7, 11) is 0. The van der Waals surface area contributed by atoms with E-state index in [2.05, 4.69) is 10.6 Å². The van der Waals surface area contributed by atoms with E-state index in [0.29, 0.717) is 46.0 Å². The Labute approximate surface area is 180 Å². The van der Waals surface area contributed by atoms with Crippen LogP contribution in [0.25, 0.3) is 0 Å². The van der Waals surface area contributed by atoms with Crippen molar-refractivity contribution in [1.29, 1.82) is 0 Å². The molecule has 3 rings (SSSR count). The fourth-order valence-electron chi connectivity index (χ4n) is 3.04. The smallest absolute Gasteiger partial charge is 0.323 e. The molecule has 0 aliphatic carbocycles. The van der Waals surface area contributed by atoms with E-state index < -0.39 is 11.4 Å². The van der Waals surface area contributed by atoms with Crippen LogP contribution in [0.2, 0.25) is 10.0 Å². The second-order valence-electron chi connectivity index (χ2n) is 7.52. The van der Waals surface area contributed by atoms with Gasteiger partial charge in [0.05, 0.1) is 21.1 Å². The van der Waals surface area contributed by atoms with E-state index in [1.807, 2.05) is 20.8 Å². The van der Waals surface area contributed by atoms with Crippen LogP contribution in [0.15, 0.2) is 36.4 Å². The Balaban J connectivity index is 1.82. The molecule has 2 aromatic carbocycles. The number of rotatable bonds is 4. The van der Waals surface area contributed by atoms with Gasteiger partial charge in [-0.15, -0.1) is 0 Å². The van der Waals surface area contributed by atoms with Crippen molar-refractivity contribution in [2.75, 3.05) is 28.7 Å². The van der Waals surface area contributed by atoms with Crippen LogP contribution in [0, 0.1) is 5.41 Å². The average Bonchev–Trinajstić information content (AvgIpc) is 2.75. The molecule has 2 N–H and O–H groups in total. The summed E-state index contributed by atoms with van der Waals surface area (Å²) in [6, 6.07) is 9.64. The van der Waals surface area contributed by atoms with Crippen molar-refractivity contribution >= 4 is 52.2 Å². The van der Waals surface area contributed by atoms with E-state index in [4.69, 9.17) is 27.9 Å². The standard InChI is InChI=1S/C21H23Cl2N3O3/c1-4-9-26-17-11-14(6-8-18(17)29-12-21(2,3)19(26)27)25-20(28)24-13-5-7-15(22)16(23)10-13/h5-8,10-11H,4,9,12H2,1-3H3,(H2,24,25,28). The van der Waals surface area contributed by atoms with E-state index in [1.165, 1.54) is 0 Å². The third-order valence-corrected chi connectivity index (χ3v) is 5.28. The van der Waals surface area contributed by atoms with E-state index in [9.17, 15) is 9.59 Å². The highest BCUT2D eigenvalue weighted by molar-refractivity contribution is 6.42. The van der Waals surface area contributed by atoms with E-state index in [1.54, 1.807) is 41.3 Å². The molecule has 3 amide bonds. The molecular weight excluding hydrogens is 413 g/mol. The van der Waals surface area contributed by atoms with Gasteiger partial charge in [-0.05, 0) is 56.7 Å². The van der Waals surface area contributed by atoms with Crippen LogP contribution in [0.4, 0.5) is 21.9 Å². The summed E-state index contributed by atoms with van der Waals surface area (Å²) in [5.74, 6) is 0.614. The number of amides is 3. The summed E-state index contributed by atoms with van der Waals surface area (Å²) in [5, 5.41) is 6.24. The number of nitrogens with zero attached hydrogens (tertiary/aromatic N) is 1. The zero-order chi connectivity index (χ0) is 21.2. The summed E-state index contributed by atoms with van der Waals surface area (Å²) in [5.41, 5.74) is 1.07. The molecule has 29 heavy (non-hydrogen) atoms. The lowest BCUT2D eigenvalue weighted by Crippen LogP contribution is -2.42. The van der Waals surface area contributed by atoms with Gasteiger partial charge >= 0.3 is 6.03 Å². The lowest BCUT2D eigenvalue weighted by molar-refractivity contribution is -0.127. The normalized spacial score (nSPS) is 15.2. The Hall–Kier alpha value is -2.44. The van der Waals surface area contributed by atoms with Gasteiger partial charge in [0.1, 0.15) is 12.4 Å². The molecule has 0 fully saturated rings. The Kier molecular flexibility index (Phi) is 6.24. The van der Waals surface area contributed by atoms with Gasteiger partial charge in [-0.3, -0.25) is 4.79 Å². The molecule has 154 valence electrons. The fourth-order valence-corrected chi connectivity index (χ4v) is 3.33. The van der Waals surface area contributed by atoms with Crippen molar-refractivity contribution in [3.05, 3.63) is 46.4 Å². The molecule has 2 aromatic rings. The first-order chi connectivity index (χ1) is 13.7. The maximum absolute atomic E-state index is 13.0. The van der Waals surface area contributed by atoms with Gasteiger partial charge in [0, 0.05) is 17.9 Å². The van der Waals surface area contributed by atoms with Gasteiger partial charge in [0.25, 0.3) is 0 Å². The first-order valence-corrected chi connectivity index (χ1v) is 10.1. The van der Waals surface area contributed by atoms with Gasteiger partial charge in [-0.25, -0.2) is 4.79 Å². The third kappa shape index (κ3) is 4.77. The van der Waals surface area contributed by atoms with E-state index >= 15 is 0 Å². The minimum atomic E-state index is -0.632. The number of fused-ring (bicyclic) bond motifs is 1. The third-order valence-electron chi connectivity index (χ3n) is 4.54. The van der Waals surface area contributed by atoms with Crippen LogP contribution in [0.3, 0.4) is 0 Å². The van der Waals surface area contributed by atoms with Crippen LogP contribution in [0.5, 0.6) is 5.75 Å². The molecule has 0 radical (unpaired) electrons. The van der Waals surface area contributed by atoms with Gasteiger partial charge in [0.2, 0.25) is 5.91 Å². The number of carbonyl (C=O) groups is 2. The van der Waals surface area contributed by atoms with Crippen LogP contribution in [0.1, 0.15) is 27.2 Å². The predicted octanol–water partition coefficient (Wildman–Crippen LogP) is 5.80. The molecule has 0 unspecified atom stereocenters. The number of carbonyl (C=O) groups excluding carboxylic acids is 2. The Morgan fingerprint density at radius 1 is 1.10 bits per heavy atom. The second-order valence-corrected chi connectivity index (χ2v) is 8.33. The Morgan fingerprint density at radius 3 is 2.41 bits per heavy atom. The first kappa shape index (κ1) is 21.3. The van der Waals surface area contributed by atoms with Gasteiger partial charge in [0.15, 0.2) is 0 Å². The molecule has 6 nitrogen and oxygen atoms in total. The molecular formula is C21H23Cl2N3O3. The monoisotopic (exact) mass is 435 g/mol. The van der Waals surface area contributed by atoms with Crippen molar-refractivity contribution < 1.29 is 14.3 Å². The van der Waals surface area contributed by atoms with Gasteiger partial charge in [-0.2, -0.15) is 0 Å². The molecule has 1 aliphatic rings. The second kappa shape index (κ2) is 8.51. The molecule has 0 saturated heterocycles.